The highest BCUT2D eigenvalue weighted by Gasteiger charge is 2.58. The summed E-state index contributed by atoms with van der Waals surface area (Å²) in [5, 5.41) is 9.59. The minimum Gasteiger partial charge on any atom is -0.480 e. The van der Waals surface area contributed by atoms with E-state index in [1.165, 1.54) is 0 Å². The summed E-state index contributed by atoms with van der Waals surface area (Å²) in [7, 11) is 1.55. The molecule has 9 nitrogen and oxygen atoms in total. The van der Waals surface area contributed by atoms with Gasteiger partial charge in [0.2, 0.25) is 0 Å². The van der Waals surface area contributed by atoms with Gasteiger partial charge in [0.05, 0.1) is 13.0 Å². The van der Waals surface area contributed by atoms with Gasteiger partial charge in [0.1, 0.15) is 24.4 Å². The highest BCUT2D eigenvalue weighted by molar-refractivity contribution is 5.74. The minimum atomic E-state index is -0.901. The molecule has 3 heterocycles. The van der Waals surface area contributed by atoms with Gasteiger partial charge in [0.15, 0.2) is 12.1 Å². The Hall–Kier alpha value is -1.26. The summed E-state index contributed by atoms with van der Waals surface area (Å²) in [6.45, 7) is 6.17. The van der Waals surface area contributed by atoms with E-state index in [1.54, 1.807) is 27.9 Å². The molecule has 0 spiro atoms. The van der Waals surface area contributed by atoms with Crippen LogP contribution in [0.5, 0.6) is 0 Å². The number of esters is 1. The number of carboxylic acids is 1. The average molecular weight is 387 g/mol. The highest BCUT2D eigenvalue weighted by Crippen LogP contribution is 2.41. The first kappa shape index (κ1) is 20.5. The first-order valence-corrected chi connectivity index (χ1v) is 9.45. The summed E-state index contributed by atoms with van der Waals surface area (Å²) in [6.07, 6.45) is -0.808. The molecule has 0 saturated carbocycles. The molecule has 27 heavy (non-hydrogen) atoms. The molecule has 0 radical (unpaired) electrons. The Labute approximate surface area is 158 Å². The fourth-order valence-corrected chi connectivity index (χ4v) is 4.35. The predicted molar refractivity (Wildman–Crippen MR) is 91.9 cm³/mol. The number of ether oxygens (including phenoxy) is 5. The van der Waals surface area contributed by atoms with Crippen molar-refractivity contribution in [1.82, 2.24) is 4.90 Å². The molecule has 0 aromatic heterocycles. The molecule has 9 heteroatoms. The number of nitrogens with zero attached hydrogens (tertiary/aromatic N) is 1. The van der Waals surface area contributed by atoms with Crippen molar-refractivity contribution in [1.29, 1.82) is 0 Å². The zero-order valence-corrected chi connectivity index (χ0v) is 16.3. The maximum atomic E-state index is 12.2. The maximum absolute atomic E-state index is 12.2. The number of fused-ring (bicyclic) bond motifs is 1. The van der Waals surface area contributed by atoms with Crippen LogP contribution in [0, 0.1) is 0 Å². The molecule has 3 rings (SSSR count). The summed E-state index contributed by atoms with van der Waals surface area (Å²) in [5.74, 6) is -2.08. The molecule has 1 N–H and O–H groups in total. The number of carbonyl (C=O) groups is 2. The van der Waals surface area contributed by atoms with Crippen LogP contribution >= 0.6 is 0 Å². The standard InChI is InChI=1S/C18H29NO8/c1-5-24-12(20)9-11(19-8-6-7-10(19)16(21)22)13-14(23-4)15-17(25-13)27-18(2,3)26-15/h10-11,13-15,17H,5-9H2,1-4H3,(H,21,22)/t10-,11?,13+,14-,15+,17+/m0/s1. The second-order valence-electron chi connectivity index (χ2n) is 7.58. The number of rotatable bonds is 7. The molecule has 154 valence electrons. The van der Waals surface area contributed by atoms with Crippen LogP contribution < -0.4 is 0 Å². The minimum absolute atomic E-state index is 0.0188. The molecule has 3 aliphatic heterocycles. The molecule has 0 aromatic carbocycles. The van der Waals surface area contributed by atoms with Crippen LogP contribution in [-0.4, -0.2) is 84.7 Å². The van der Waals surface area contributed by atoms with Gasteiger partial charge in [0.25, 0.3) is 0 Å². The van der Waals surface area contributed by atoms with Gasteiger partial charge in [-0.3, -0.25) is 14.5 Å². The van der Waals surface area contributed by atoms with Gasteiger partial charge in [-0.25, -0.2) is 0 Å². The predicted octanol–water partition coefficient (Wildman–Crippen LogP) is 0.749. The molecule has 3 saturated heterocycles. The Morgan fingerprint density at radius 3 is 2.70 bits per heavy atom. The van der Waals surface area contributed by atoms with Gasteiger partial charge in [-0.05, 0) is 40.2 Å². The number of carbonyl (C=O) groups excluding carboxylic acids is 1. The second kappa shape index (κ2) is 8.00. The largest absolute Gasteiger partial charge is 0.480 e. The molecule has 0 bridgehead atoms. The molecule has 3 aliphatic rings. The number of carboxylic acid groups (broad SMARTS) is 1. The number of aliphatic carboxylic acids is 1. The first-order chi connectivity index (χ1) is 12.8. The van der Waals surface area contributed by atoms with Crippen LogP contribution in [0.1, 0.15) is 40.0 Å². The van der Waals surface area contributed by atoms with Gasteiger partial charge < -0.3 is 28.8 Å². The van der Waals surface area contributed by atoms with E-state index in [0.29, 0.717) is 13.0 Å². The molecule has 3 fully saturated rings. The summed E-state index contributed by atoms with van der Waals surface area (Å²) in [4.78, 5) is 25.8. The summed E-state index contributed by atoms with van der Waals surface area (Å²) < 4.78 is 28.6. The molecule has 6 atom stereocenters. The highest BCUT2D eigenvalue weighted by atomic mass is 16.8. The van der Waals surface area contributed by atoms with Crippen LogP contribution in [0.15, 0.2) is 0 Å². The molecule has 0 aromatic rings. The molecular weight excluding hydrogens is 358 g/mol. The van der Waals surface area contributed by atoms with E-state index in [1.807, 2.05) is 4.90 Å². The van der Waals surface area contributed by atoms with Crippen molar-refractivity contribution in [2.45, 2.75) is 82.5 Å². The SMILES string of the molecule is CCOC(=O)CC([C@H]1O[C@@H]2OC(C)(C)O[C@@H]2[C@H]1OC)N1CCC[C@H]1C(=O)O. The van der Waals surface area contributed by atoms with Crippen LogP contribution in [0.3, 0.4) is 0 Å². The lowest BCUT2D eigenvalue weighted by Crippen LogP contribution is -2.54. The van der Waals surface area contributed by atoms with Crippen LogP contribution in [0.4, 0.5) is 0 Å². The van der Waals surface area contributed by atoms with E-state index in [4.69, 9.17) is 23.7 Å². The Balaban J connectivity index is 1.84. The van der Waals surface area contributed by atoms with E-state index in [2.05, 4.69) is 0 Å². The number of hydrogen-bond donors (Lipinski definition) is 1. The summed E-state index contributed by atoms with van der Waals surface area (Å²) >= 11 is 0. The Morgan fingerprint density at radius 2 is 2.07 bits per heavy atom. The topological polar surface area (TPSA) is 104 Å². The molecule has 1 unspecified atom stereocenters. The third kappa shape index (κ3) is 4.12. The third-order valence-electron chi connectivity index (χ3n) is 5.36. The molecular formula is C18H29NO8. The molecule has 0 amide bonds. The number of hydrogen-bond acceptors (Lipinski definition) is 8. The molecule has 0 aliphatic carbocycles. The summed E-state index contributed by atoms with van der Waals surface area (Å²) in [5.41, 5.74) is 0. The van der Waals surface area contributed by atoms with Gasteiger partial charge in [-0.1, -0.05) is 0 Å². The van der Waals surface area contributed by atoms with Crippen molar-refractivity contribution in [3.05, 3.63) is 0 Å². The second-order valence-corrected chi connectivity index (χ2v) is 7.58. The van der Waals surface area contributed by atoms with E-state index in [9.17, 15) is 14.7 Å². The van der Waals surface area contributed by atoms with Crippen LogP contribution in [0.25, 0.3) is 0 Å². The van der Waals surface area contributed by atoms with Crippen molar-refractivity contribution < 1.29 is 38.4 Å². The lowest BCUT2D eigenvalue weighted by Gasteiger charge is -2.37. The first-order valence-electron chi connectivity index (χ1n) is 9.45. The lowest BCUT2D eigenvalue weighted by atomic mass is 9.98. The Bertz CT molecular complexity index is 568. The van der Waals surface area contributed by atoms with Gasteiger partial charge in [-0.2, -0.15) is 0 Å². The van der Waals surface area contributed by atoms with E-state index in [-0.39, 0.29) is 13.0 Å². The van der Waals surface area contributed by atoms with Crippen molar-refractivity contribution in [2.75, 3.05) is 20.3 Å². The monoisotopic (exact) mass is 387 g/mol. The van der Waals surface area contributed by atoms with Gasteiger partial charge in [-0.15, -0.1) is 0 Å². The maximum Gasteiger partial charge on any atom is 0.320 e. The van der Waals surface area contributed by atoms with E-state index in [0.717, 1.165) is 6.42 Å². The third-order valence-corrected chi connectivity index (χ3v) is 5.36. The van der Waals surface area contributed by atoms with Crippen molar-refractivity contribution in [2.24, 2.45) is 0 Å². The lowest BCUT2D eigenvalue weighted by molar-refractivity contribution is -0.225. The Morgan fingerprint density at radius 1 is 1.33 bits per heavy atom. The zero-order valence-electron chi connectivity index (χ0n) is 16.3. The smallest absolute Gasteiger partial charge is 0.320 e. The fraction of sp³-hybridized carbons (Fsp3) is 0.889. The van der Waals surface area contributed by atoms with Crippen LogP contribution in [0.2, 0.25) is 0 Å². The van der Waals surface area contributed by atoms with Crippen LogP contribution in [-0.2, 0) is 33.3 Å². The van der Waals surface area contributed by atoms with E-state index >= 15 is 0 Å². The Kier molecular flexibility index (Phi) is 6.07. The average Bonchev–Trinajstić information content (AvgIpc) is 3.24. The number of methoxy groups -OCH3 is 1. The van der Waals surface area contributed by atoms with Crippen molar-refractivity contribution in [3.63, 3.8) is 0 Å². The van der Waals surface area contributed by atoms with Gasteiger partial charge >= 0.3 is 11.9 Å². The quantitative estimate of drug-likeness (QED) is 0.634. The van der Waals surface area contributed by atoms with Crippen molar-refractivity contribution >= 4 is 11.9 Å². The fourth-order valence-electron chi connectivity index (χ4n) is 4.35. The summed E-state index contributed by atoms with van der Waals surface area (Å²) in [6, 6.07) is -1.16. The zero-order chi connectivity index (χ0) is 19.8. The van der Waals surface area contributed by atoms with Crippen molar-refractivity contribution in [3.8, 4) is 0 Å². The number of likely N-dealkylation sites (tertiary alicyclic amines) is 1. The normalized spacial score (nSPS) is 36.5. The van der Waals surface area contributed by atoms with Gasteiger partial charge in [0, 0.05) is 13.2 Å². The van der Waals surface area contributed by atoms with E-state index < -0.39 is 54.4 Å².